The largest absolute Gasteiger partial charge is 0.418 e. The molecule has 4 nitrogen and oxygen atoms in total. The van der Waals surface area contributed by atoms with E-state index in [9.17, 15) is 18.0 Å². The van der Waals surface area contributed by atoms with E-state index in [1.54, 1.807) is 0 Å². The molecule has 0 aliphatic rings. The van der Waals surface area contributed by atoms with Crippen LogP contribution in [0.3, 0.4) is 0 Å². The van der Waals surface area contributed by atoms with Crippen LogP contribution in [0.4, 0.5) is 18.9 Å². The number of aryl methyl sites for hydroxylation is 1. The second-order valence-corrected chi connectivity index (χ2v) is 3.84. The molecule has 19 heavy (non-hydrogen) atoms. The van der Waals surface area contributed by atoms with Crippen LogP contribution < -0.4 is 5.32 Å². The first-order chi connectivity index (χ1) is 8.89. The monoisotopic (exact) mass is 269 g/mol. The molecule has 0 fully saturated rings. The Hall–Kier alpha value is -2.31. The number of benzene rings is 1. The predicted octanol–water partition coefficient (Wildman–Crippen LogP) is 2.69. The van der Waals surface area contributed by atoms with Crippen molar-refractivity contribution in [2.75, 3.05) is 5.32 Å². The van der Waals surface area contributed by atoms with E-state index in [4.69, 9.17) is 0 Å². The number of alkyl halides is 3. The summed E-state index contributed by atoms with van der Waals surface area (Å²) in [7, 11) is 1.53. The second kappa shape index (κ2) is 4.75. The van der Waals surface area contributed by atoms with Gasteiger partial charge in [-0.25, -0.2) is 0 Å². The van der Waals surface area contributed by atoms with E-state index in [1.807, 2.05) is 0 Å². The average molecular weight is 269 g/mol. The molecule has 0 radical (unpaired) electrons. The van der Waals surface area contributed by atoms with E-state index in [0.29, 0.717) is 0 Å². The van der Waals surface area contributed by atoms with Crippen LogP contribution in [0.25, 0.3) is 0 Å². The molecule has 2 aromatic rings. The molecule has 1 heterocycles. The Morgan fingerprint density at radius 1 is 1.26 bits per heavy atom. The van der Waals surface area contributed by atoms with Gasteiger partial charge in [0.15, 0.2) is 0 Å². The zero-order valence-corrected chi connectivity index (χ0v) is 9.90. The lowest BCUT2D eigenvalue weighted by Crippen LogP contribution is -2.19. The maximum Gasteiger partial charge on any atom is 0.418 e. The van der Waals surface area contributed by atoms with Crippen LogP contribution in [0.15, 0.2) is 36.5 Å². The van der Waals surface area contributed by atoms with E-state index in [-0.39, 0.29) is 11.4 Å². The van der Waals surface area contributed by atoms with Gasteiger partial charge >= 0.3 is 6.18 Å². The summed E-state index contributed by atoms with van der Waals surface area (Å²) in [6, 6.07) is 6.23. The second-order valence-electron chi connectivity index (χ2n) is 3.84. The molecule has 7 heteroatoms. The van der Waals surface area contributed by atoms with E-state index < -0.39 is 17.6 Å². The third kappa shape index (κ3) is 2.75. The molecular weight excluding hydrogens is 259 g/mol. The maximum absolute atomic E-state index is 12.8. The van der Waals surface area contributed by atoms with E-state index in [1.165, 1.54) is 42.2 Å². The number of hydrogen-bond donors (Lipinski definition) is 1. The first kappa shape index (κ1) is 13.1. The summed E-state index contributed by atoms with van der Waals surface area (Å²) in [6.07, 6.45) is -3.12. The molecule has 0 saturated heterocycles. The smallest absolute Gasteiger partial charge is 0.320 e. The minimum atomic E-state index is -4.52. The van der Waals surface area contributed by atoms with Crippen molar-refractivity contribution in [3.8, 4) is 0 Å². The van der Waals surface area contributed by atoms with Crippen LogP contribution in [0.2, 0.25) is 0 Å². The number of rotatable bonds is 2. The number of nitrogens with zero attached hydrogens (tertiary/aromatic N) is 2. The molecule has 0 aliphatic heterocycles. The van der Waals surface area contributed by atoms with Gasteiger partial charge in [0, 0.05) is 13.2 Å². The first-order valence-electron chi connectivity index (χ1n) is 5.35. The molecule has 2 rings (SSSR count). The van der Waals surface area contributed by atoms with Gasteiger partial charge in [-0.1, -0.05) is 12.1 Å². The summed E-state index contributed by atoms with van der Waals surface area (Å²) in [4.78, 5) is 11.8. The average Bonchev–Trinajstić information content (AvgIpc) is 2.75. The minimum absolute atomic E-state index is 0.178. The third-order valence-electron chi connectivity index (χ3n) is 2.53. The first-order valence-corrected chi connectivity index (χ1v) is 5.35. The van der Waals surface area contributed by atoms with Crippen molar-refractivity contribution in [3.63, 3.8) is 0 Å². The molecule has 1 amide bonds. The number of nitrogens with one attached hydrogen (secondary N) is 1. The van der Waals surface area contributed by atoms with Gasteiger partial charge in [-0.15, -0.1) is 0 Å². The summed E-state index contributed by atoms with van der Waals surface area (Å²) in [5.74, 6) is -0.642. The predicted molar refractivity (Wildman–Crippen MR) is 62.6 cm³/mol. The molecule has 0 atom stereocenters. The lowest BCUT2D eigenvalue weighted by atomic mass is 10.1. The quantitative estimate of drug-likeness (QED) is 0.911. The van der Waals surface area contributed by atoms with Gasteiger partial charge < -0.3 is 5.32 Å². The Morgan fingerprint density at radius 3 is 2.53 bits per heavy atom. The summed E-state index contributed by atoms with van der Waals surface area (Å²) in [5, 5.41) is 6.02. The highest BCUT2D eigenvalue weighted by molar-refractivity contribution is 6.03. The lowest BCUT2D eigenvalue weighted by Gasteiger charge is -2.13. The highest BCUT2D eigenvalue weighted by Gasteiger charge is 2.33. The van der Waals surface area contributed by atoms with Gasteiger partial charge in [-0.2, -0.15) is 18.3 Å². The highest BCUT2D eigenvalue weighted by atomic mass is 19.4. The van der Waals surface area contributed by atoms with Gasteiger partial charge in [-0.3, -0.25) is 9.48 Å². The number of anilines is 1. The zero-order valence-electron chi connectivity index (χ0n) is 9.90. The van der Waals surface area contributed by atoms with Crippen molar-refractivity contribution in [2.45, 2.75) is 6.18 Å². The number of amides is 1. The Labute approximate surface area is 106 Å². The number of carbonyl (C=O) groups excluding carboxylic acids is 1. The fraction of sp³-hybridized carbons (Fsp3) is 0.167. The van der Waals surface area contributed by atoms with Crippen LogP contribution in [-0.2, 0) is 13.2 Å². The lowest BCUT2D eigenvalue weighted by molar-refractivity contribution is -0.136. The number of para-hydroxylation sites is 1. The Bertz CT molecular complexity index is 604. The van der Waals surface area contributed by atoms with Crippen molar-refractivity contribution in [3.05, 3.63) is 47.8 Å². The standard InChI is InChI=1S/C12H10F3N3O/c1-18-10(6-7-16-18)11(19)17-9-5-3-2-4-8(9)12(13,14)15/h2-7H,1H3,(H,17,19). The van der Waals surface area contributed by atoms with Crippen molar-refractivity contribution in [1.82, 2.24) is 9.78 Å². The number of carbonyl (C=O) groups is 1. The fourth-order valence-corrected chi connectivity index (χ4v) is 1.62. The maximum atomic E-state index is 12.8. The van der Waals surface area contributed by atoms with Crippen LogP contribution in [0.5, 0.6) is 0 Å². The molecule has 1 aromatic heterocycles. The van der Waals surface area contributed by atoms with Gasteiger partial charge in [0.25, 0.3) is 5.91 Å². The molecular formula is C12H10F3N3O. The van der Waals surface area contributed by atoms with E-state index in [0.717, 1.165) is 6.07 Å². The SMILES string of the molecule is Cn1nccc1C(=O)Nc1ccccc1C(F)(F)F. The number of aromatic nitrogens is 2. The molecule has 0 saturated carbocycles. The molecule has 0 unspecified atom stereocenters. The molecule has 0 aliphatic carbocycles. The third-order valence-corrected chi connectivity index (χ3v) is 2.53. The summed E-state index contributed by atoms with van der Waals surface area (Å²) in [5.41, 5.74) is -0.983. The van der Waals surface area contributed by atoms with Crippen LogP contribution in [0.1, 0.15) is 16.1 Å². The molecule has 100 valence electrons. The van der Waals surface area contributed by atoms with Crippen molar-refractivity contribution in [1.29, 1.82) is 0 Å². The molecule has 1 N–H and O–H groups in total. The summed E-state index contributed by atoms with van der Waals surface area (Å²) < 4.78 is 39.5. The van der Waals surface area contributed by atoms with Gasteiger partial charge in [-0.05, 0) is 18.2 Å². The Balaban J connectivity index is 2.30. The number of halogens is 3. The highest BCUT2D eigenvalue weighted by Crippen LogP contribution is 2.34. The fourth-order valence-electron chi connectivity index (χ4n) is 1.62. The molecule has 0 bridgehead atoms. The summed E-state index contributed by atoms with van der Waals surface area (Å²) >= 11 is 0. The van der Waals surface area contributed by atoms with Crippen LogP contribution in [-0.4, -0.2) is 15.7 Å². The van der Waals surface area contributed by atoms with Gasteiger partial charge in [0.1, 0.15) is 5.69 Å². The van der Waals surface area contributed by atoms with Crippen molar-refractivity contribution < 1.29 is 18.0 Å². The normalized spacial score (nSPS) is 11.4. The topological polar surface area (TPSA) is 46.9 Å². The van der Waals surface area contributed by atoms with Crippen LogP contribution >= 0.6 is 0 Å². The van der Waals surface area contributed by atoms with Gasteiger partial charge in [0.05, 0.1) is 11.3 Å². The van der Waals surface area contributed by atoms with E-state index >= 15 is 0 Å². The molecule has 0 spiro atoms. The molecule has 1 aromatic carbocycles. The van der Waals surface area contributed by atoms with Gasteiger partial charge in [0.2, 0.25) is 0 Å². The Morgan fingerprint density at radius 2 is 1.95 bits per heavy atom. The van der Waals surface area contributed by atoms with Crippen molar-refractivity contribution >= 4 is 11.6 Å². The van der Waals surface area contributed by atoms with Crippen molar-refractivity contribution in [2.24, 2.45) is 7.05 Å². The Kier molecular flexibility index (Phi) is 3.28. The number of hydrogen-bond acceptors (Lipinski definition) is 2. The van der Waals surface area contributed by atoms with Crippen LogP contribution in [0, 0.1) is 0 Å². The minimum Gasteiger partial charge on any atom is -0.320 e. The zero-order chi connectivity index (χ0) is 14.0. The summed E-state index contributed by atoms with van der Waals surface area (Å²) in [6.45, 7) is 0. The van der Waals surface area contributed by atoms with E-state index in [2.05, 4.69) is 10.4 Å².